The van der Waals surface area contributed by atoms with Crippen molar-refractivity contribution in [2.24, 2.45) is 0 Å². The molecule has 0 aliphatic rings. The van der Waals surface area contributed by atoms with Crippen LogP contribution in [0.25, 0.3) is 10.8 Å². The van der Waals surface area contributed by atoms with Gasteiger partial charge in [-0.1, -0.05) is 24.3 Å². The normalized spacial score (nSPS) is 11.0. The highest BCUT2D eigenvalue weighted by Gasteiger charge is 2.14. The zero-order valence-corrected chi connectivity index (χ0v) is 11.5. The Kier molecular flexibility index (Phi) is 3.84. The summed E-state index contributed by atoms with van der Waals surface area (Å²) < 4.78 is 13.3. The van der Waals surface area contributed by atoms with Gasteiger partial charge in [0, 0.05) is 13.1 Å². The zero-order valence-electron chi connectivity index (χ0n) is 11.5. The van der Waals surface area contributed by atoms with E-state index in [9.17, 15) is 9.18 Å². The molecule has 0 fully saturated rings. The topological polar surface area (TPSA) is 20.3 Å². The zero-order chi connectivity index (χ0) is 14.0. The molecule has 2 aromatic rings. The highest BCUT2D eigenvalue weighted by Crippen LogP contribution is 2.21. The van der Waals surface area contributed by atoms with E-state index in [2.05, 4.69) is 0 Å². The largest absolute Gasteiger partial charge is 0.343 e. The van der Waals surface area contributed by atoms with Crippen molar-refractivity contribution in [3.8, 4) is 0 Å². The number of rotatable bonds is 3. The molecule has 2 nitrogen and oxygen atoms in total. The SMILES string of the molecule is CC(C)N(C)C(=O)Cc1cccc2ccc(F)cc12. The summed E-state index contributed by atoms with van der Waals surface area (Å²) in [5.41, 5.74) is 0.870. The molecule has 0 unspecified atom stereocenters. The van der Waals surface area contributed by atoms with Crippen molar-refractivity contribution in [2.75, 3.05) is 7.05 Å². The van der Waals surface area contributed by atoms with Crippen molar-refractivity contribution in [2.45, 2.75) is 26.3 Å². The molecule has 3 heteroatoms. The van der Waals surface area contributed by atoms with Crippen molar-refractivity contribution in [3.05, 3.63) is 47.8 Å². The first-order valence-corrected chi connectivity index (χ1v) is 6.42. The minimum Gasteiger partial charge on any atom is -0.343 e. The summed E-state index contributed by atoms with van der Waals surface area (Å²) in [7, 11) is 1.79. The summed E-state index contributed by atoms with van der Waals surface area (Å²) in [5, 5.41) is 1.77. The van der Waals surface area contributed by atoms with E-state index in [-0.39, 0.29) is 17.8 Å². The maximum atomic E-state index is 13.3. The molecular formula is C16H18FNO. The average molecular weight is 259 g/mol. The van der Waals surface area contributed by atoms with E-state index in [1.54, 1.807) is 18.0 Å². The van der Waals surface area contributed by atoms with Gasteiger partial charge in [-0.05, 0) is 42.3 Å². The number of fused-ring (bicyclic) bond motifs is 1. The van der Waals surface area contributed by atoms with Gasteiger partial charge in [0.25, 0.3) is 0 Å². The molecule has 0 aliphatic carbocycles. The van der Waals surface area contributed by atoms with Crippen molar-refractivity contribution in [1.29, 1.82) is 0 Å². The third kappa shape index (κ3) is 2.92. The molecule has 0 aliphatic heterocycles. The summed E-state index contributed by atoms with van der Waals surface area (Å²) in [5.74, 6) is -0.226. The monoisotopic (exact) mass is 259 g/mol. The van der Waals surface area contributed by atoms with Crippen LogP contribution < -0.4 is 0 Å². The van der Waals surface area contributed by atoms with Gasteiger partial charge in [-0.25, -0.2) is 4.39 Å². The van der Waals surface area contributed by atoms with E-state index in [1.807, 2.05) is 32.0 Å². The summed E-state index contributed by atoms with van der Waals surface area (Å²) in [6.45, 7) is 3.95. The quantitative estimate of drug-likeness (QED) is 0.827. The van der Waals surface area contributed by atoms with Crippen LogP contribution in [0.1, 0.15) is 19.4 Å². The molecule has 0 atom stereocenters. The number of halogens is 1. The fourth-order valence-corrected chi connectivity index (χ4v) is 2.04. The van der Waals surface area contributed by atoms with Crippen LogP contribution >= 0.6 is 0 Å². The maximum absolute atomic E-state index is 13.3. The molecule has 0 heterocycles. The van der Waals surface area contributed by atoms with Gasteiger partial charge in [0.05, 0.1) is 6.42 Å². The second-order valence-corrected chi connectivity index (χ2v) is 5.06. The van der Waals surface area contributed by atoms with Gasteiger partial charge >= 0.3 is 0 Å². The van der Waals surface area contributed by atoms with Crippen molar-refractivity contribution >= 4 is 16.7 Å². The number of likely N-dealkylation sites (N-methyl/N-ethyl adjacent to an activating group) is 1. The summed E-state index contributed by atoms with van der Waals surface area (Å²) in [6, 6.07) is 10.5. The molecule has 0 radical (unpaired) electrons. The van der Waals surface area contributed by atoms with Crippen LogP contribution in [0.3, 0.4) is 0 Å². The first-order chi connectivity index (χ1) is 8.99. The molecule has 1 amide bonds. The van der Waals surface area contributed by atoms with Crippen LogP contribution in [0, 0.1) is 5.82 Å². The molecule has 2 aromatic carbocycles. The van der Waals surface area contributed by atoms with Crippen LogP contribution in [0.5, 0.6) is 0 Å². The lowest BCUT2D eigenvalue weighted by Crippen LogP contribution is -2.34. The minimum atomic E-state index is -0.274. The van der Waals surface area contributed by atoms with Crippen molar-refractivity contribution in [3.63, 3.8) is 0 Å². The number of amides is 1. The smallest absolute Gasteiger partial charge is 0.226 e. The van der Waals surface area contributed by atoms with E-state index in [1.165, 1.54) is 12.1 Å². The Hall–Kier alpha value is -1.90. The van der Waals surface area contributed by atoms with Crippen LogP contribution in [-0.2, 0) is 11.2 Å². The lowest BCUT2D eigenvalue weighted by atomic mass is 10.0. The van der Waals surface area contributed by atoms with Gasteiger partial charge in [0.15, 0.2) is 0 Å². The lowest BCUT2D eigenvalue weighted by Gasteiger charge is -2.21. The molecule has 0 saturated carbocycles. The number of carbonyl (C=O) groups excluding carboxylic acids is 1. The summed E-state index contributed by atoms with van der Waals surface area (Å²) in [6.07, 6.45) is 0.301. The Morgan fingerprint density at radius 3 is 2.68 bits per heavy atom. The van der Waals surface area contributed by atoms with E-state index < -0.39 is 0 Å². The molecular weight excluding hydrogens is 241 g/mol. The fourth-order valence-electron chi connectivity index (χ4n) is 2.04. The number of hydrogen-bond acceptors (Lipinski definition) is 1. The van der Waals surface area contributed by atoms with Gasteiger partial charge in [-0.15, -0.1) is 0 Å². The van der Waals surface area contributed by atoms with Crippen LogP contribution in [-0.4, -0.2) is 23.9 Å². The Morgan fingerprint density at radius 1 is 1.26 bits per heavy atom. The average Bonchev–Trinajstić information content (AvgIpc) is 2.38. The predicted octanol–water partition coefficient (Wildman–Crippen LogP) is 3.39. The third-order valence-electron chi connectivity index (χ3n) is 3.44. The second kappa shape index (κ2) is 5.39. The molecule has 2 rings (SSSR count). The van der Waals surface area contributed by atoms with Gasteiger partial charge in [-0.2, -0.15) is 0 Å². The second-order valence-electron chi connectivity index (χ2n) is 5.06. The van der Waals surface area contributed by atoms with Gasteiger partial charge < -0.3 is 4.90 Å². The molecule has 0 saturated heterocycles. The molecule has 0 aromatic heterocycles. The minimum absolute atomic E-state index is 0.0479. The molecule has 0 bridgehead atoms. The van der Waals surface area contributed by atoms with Gasteiger partial charge in [-0.3, -0.25) is 4.79 Å². The predicted molar refractivity (Wildman–Crippen MR) is 75.5 cm³/mol. The molecule has 0 spiro atoms. The van der Waals surface area contributed by atoms with Gasteiger partial charge in [0.2, 0.25) is 5.91 Å². The number of carbonyl (C=O) groups is 1. The van der Waals surface area contributed by atoms with E-state index in [0.29, 0.717) is 6.42 Å². The fraction of sp³-hybridized carbons (Fsp3) is 0.312. The van der Waals surface area contributed by atoms with E-state index in [4.69, 9.17) is 0 Å². The van der Waals surface area contributed by atoms with Crippen LogP contribution in [0.2, 0.25) is 0 Å². The van der Waals surface area contributed by atoms with Crippen LogP contribution in [0.15, 0.2) is 36.4 Å². The number of nitrogens with zero attached hydrogens (tertiary/aromatic N) is 1. The first-order valence-electron chi connectivity index (χ1n) is 6.42. The number of benzene rings is 2. The first kappa shape index (κ1) is 13.5. The summed E-state index contributed by atoms with van der Waals surface area (Å²) >= 11 is 0. The highest BCUT2D eigenvalue weighted by molar-refractivity contribution is 5.90. The number of hydrogen-bond donors (Lipinski definition) is 0. The Bertz CT molecular complexity index is 607. The highest BCUT2D eigenvalue weighted by atomic mass is 19.1. The van der Waals surface area contributed by atoms with Crippen molar-refractivity contribution in [1.82, 2.24) is 4.90 Å². The standard InChI is InChI=1S/C16H18FNO/c1-11(2)18(3)16(19)9-13-6-4-5-12-7-8-14(17)10-15(12)13/h4-8,10-11H,9H2,1-3H3. The molecule has 100 valence electrons. The van der Waals surface area contributed by atoms with E-state index in [0.717, 1.165) is 16.3 Å². The third-order valence-corrected chi connectivity index (χ3v) is 3.44. The Morgan fingerprint density at radius 2 is 2.00 bits per heavy atom. The van der Waals surface area contributed by atoms with Crippen molar-refractivity contribution < 1.29 is 9.18 Å². The lowest BCUT2D eigenvalue weighted by molar-refractivity contribution is -0.130. The Balaban J connectivity index is 2.35. The Labute approximate surface area is 112 Å². The summed E-state index contributed by atoms with van der Waals surface area (Å²) in [4.78, 5) is 13.8. The van der Waals surface area contributed by atoms with Crippen LogP contribution in [0.4, 0.5) is 4.39 Å². The van der Waals surface area contributed by atoms with E-state index >= 15 is 0 Å². The maximum Gasteiger partial charge on any atom is 0.226 e. The molecule has 0 N–H and O–H groups in total. The molecule has 19 heavy (non-hydrogen) atoms. The van der Waals surface area contributed by atoms with Gasteiger partial charge in [0.1, 0.15) is 5.82 Å².